The molecule has 1 heteroatoms. The second kappa shape index (κ2) is 9.05. The summed E-state index contributed by atoms with van der Waals surface area (Å²) in [5.41, 5.74) is 6.94. The van der Waals surface area contributed by atoms with Gasteiger partial charge in [-0.2, -0.15) is 0 Å². The van der Waals surface area contributed by atoms with Gasteiger partial charge in [0.05, 0.1) is 5.54 Å². The van der Waals surface area contributed by atoms with Gasteiger partial charge in [-0.3, -0.25) is 0 Å². The Morgan fingerprint density at radius 2 is 1.19 bits per heavy atom. The second-order valence-corrected chi connectivity index (χ2v) is 15.2. The van der Waals surface area contributed by atoms with E-state index < -0.39 is 0 Å². The molecular formula is C47H37N. The Morgan fingerprint density at radius 3 is 1.90 bits per heavy atom. The maximum Gasteiger partial charge on any atom is 0.0543 e. The van der Waals surface area contributed by atoms with Crippen LogP contribution in [0, 0.1) is 5.92 Å². The zero-order valence-corrected chi connectivity index (χ0v) is 27.8. The summed E-state index contributed by atoms with van der Waals surface area (Å²) in [6.07, 6.45) is 3.77. The van der Waals surface area contributed by atoms with Crippen LogP contribution in [-0.4, -0.2) is 5.54 Å². The van der Waals surface area contributed by atoms with Crippen molar-refractivity contribution in [3.05, 3.63) is 133 Å². The second-order valence-electron chi connectivity index (χ2n) is 15.2. The van der Waals surface area contributed by atoms with Gasteiger partial charge in [0.25, 0.3) is 0 Å². The third-order valence-electron chi connectivity index (χ3n) is 13.3. The van der Waals surface area contributed by atoms with Crippen LogP contribution in [0.1, 0.15) is 45.6 Å². The van der Waals surface area contributed by atoms with E-state index in [2.05, 4.69) is 153 Å². The van der Waals surface area contributed by atoms with Crippen molar-refractivity contribution in [3.63, 3.8) is 0 Å². The first kappa shape index (κ1) is 26.9. The first-order valence-corrected chi connectivity index (χ1v) is 17.7. The van der Waals surface area contributed by atoms with Crippen molar-refractivity contribution >= 4 is 76.0 Å². The predicted octanol–water partition coefficient (Wildman–Crippen LogP) is 13.1. The molecule has 11 rings (SSSR count). The largest absolute Gasteiger partial charge is 0.334 e. The monoisotopic (exact) mass is 615 g/mol. The van der Waals surface area contributed by atoms with Crippen molar-refractivity contribution in [2.45, 2.75) is 51.0 Å². The fraction of sp³-hybridized carbons (Fsp3) is 0.191. The van der Waals surface area contributed by atoms with Gasteiger partial charge in [0, 0.05) is 16.8 Å². The Kier molecular flexibility index (Phi) is 5.07. The summed E-state index contributed by atoms with van der Waals surface area (Å²) < 4.78 is 0. The molecule has 3 atom stereocenters. The molecule has 0 amide bonds. The molecular weight excluding hydrogens is 579 g/mol. The van der Waals surface area contributed by atoms with Gasteiger partial charge in [-0.1, -0.05) is 111 Å². The Bertz CT molecular complexity index is 2670. The van der Waals surface area contributed by atoms with Gasteiger partial charge >= 0.3 is 0 Å². The molecule has 1 fully saturated rings. The van der Waals surface area contributed by atoms with Crippen LogP contribution < -0.4 is 4.90 Å². The number of fused-ring (bicyclic) bond motifs is 9. The molecule has 0 spiro atoms. The van der Waals surface area contributed by atoms with Crippen molar-refractivity contribution in [2.75, 3.05) is 4.90 Å². The van der Waals surface area contributed by atoms with Crippen LogP contribution in [0.4, 0.5) is 11.4 Å². The summed E-state index contributed by atoms with van der Waals surface area (Å²) in [6.45, 7) is 7.57. The van der Waals surface area contributed by atoms with Crippen LogP contribution in [0.15, 0.2) is 127 Å². The average molecular weight is 616 g/mol. The van der Waals surface area contributed by atoms with Crippen molar-refractivity contribution in [1.29, 1.82) is 0 Å². The zero-order chi connectivity index (χ0) is 31.9. The number of para-hydroxylation sites is 1. The molecule has 1 aliphatic heterocycles. The highest BCUT2D eigenvalue weighted by Gasteiger charge is 2.60. The van der Waals surface area contributed by atoms with Gasteiger partial charge in [-0.25, -0.2) is 0 Å². The Morgan fingerprint density at radius 1 is 0.562 bits per heavy atom. The Labute approximate surface area is 281 Å². The molecule has 2 aliphatic rings. The summed E-state index contributed by atoms with van der Waals surface area (Å²) >= 11 is 0. The first-order chi connectivity index (χ1) is 23.5. The maximum absolute atomic E-state index is 2.69. The Balaban J connectivity index is 1.15. The molecule has 230 valence electrons. The van der Waals surface area contributed by atoms with Crippen molar-refractivity contribution in [1.82, 2.24) is 0 Å². The standard InChI is InChI=1S/C47H37N/c1-28-11-10-24-46(2)42-25-30(20-23-43(42)48(47(28,46)3)31-14-5-4-6-15-31)32-21-22-37-41-27-39-35-17-8-13-29-12-7-16-34(44(29)35)38(39)26-40(41)36-19-9-18-33(32)45(36)37/h4-9,12-23,25-28H,10-11,24H2,1-3H3. The molecule has 9 aromatic rings. The van der Waals surface area contributed by atoms with E-state index in [1.54, 1.807) is 0 Å². The van der Waals surface area contributed by atoms with Crippen LogP contribution in [0.2, 0.25) is 0 Å². The summed E-state index contributed by atoms with van der Waals surface area (Å²) in [7, 11) is 0. The predicted molar refractivity (Wildman–Crippen MR) is 207 cm³/mol. The van der Waals surface area contributed by atoms with E-state index in [1.807, 2.05) is 0 Å². The lowest BCUT2D eigenvalue weighted by atomic mass is 9.57. The van der Waals surface area contributed by atoms with Crippen LogP contribution >= 0.6 is 0 Å². The molecule has 3 unspecified atom stereocenters. The van der Waals surface area contributed by atoms with Gasteiger partial charge in [0.1, 0.15) is 0 Å². The highest BCUT2D eigenvalue weighted by Crippen LogP contribution is 2.63. The highest BCUT2D eigenvalue weighted by molar-refractivity contribution is 6.38. The lowest BCUT2D eigenvalue weighted by Gasteiger charge is -2.54. The molecule has 1 aliphatic carbocycles. The van der Waals surface area contributed by atoms with E-state index in [9.17, 15) is 0 Å². The SMILES string of the molecule is CC1CCCC2(C)c3cc(-c4ccc5c6cc7c(cc6c6cccc4c65)c4cccc5cccc7c54)ccc3N(c3ccccc3)C12C. The normalized spacial score (nSPS) is 22.6. The Hall–Kier alpha value is -5.14. The number of hydrogen-bond donors (Lipinski definition) is 0. The maximum atomic E-state index is 2.69. The summed E-state index contributed by atoms with van der Waals surface area (Å²) in [5.74, 6) is 0.586. The van der Waals surface area contributed by atoms with Gasteiger partial charge in [0.2, 0.25) is 0 Å². The third-order valence-corrected chi connectivity index (χ3v) is 13.3. The molecule has 1 nitrogen and oxygen atoms in total. The molecule has 0 radical (unpaired) electrons. The minimum Gasteiger partial charge on any atom is -0.334 e. The molecule has 0 N–H and O–H groups in total. The molecule has 9 aromatic carbocycles. The number of nitrogens with zero attached hydrogens (tertiary/aromatic N) is 1. The van der Waals surface area contributed by atoms with Crippen molar-refractivity contribution in [3.8, 4) is 11.1 Å². The minimum atomic E-state index is 0.0144. The molecule has 0 aromatic heterocycles. The van der Waals surface area contributed by atoms with Crippen molar-refractivity contribution in [2.24, 2.45) is 5.92 Å². The molecule has 0 bridgehead atoms. The number of hydrogen-bond acceptors (Lipinski definition) is 1. The lowest BCUT2D eigenvalue weighted by Crippen LogP contribution is -2.59. The smallest absolute Gasteiger partial charge is 0.0543 e. The third kappa shape index (κ3) is 3.09. The van der Waals surface area contributed by atoms with Gasteiger partial charge < -0.3 is 4.90 Å². The number of anilines is 2. The van der Waals surface area contributed by atoms with E-state index in [0.717, 1.165) is 0 Å². The molecule has 1 saturated carbocycles. The summed E-state index contributed by atoms with van der Waals surface area (Å²) in [5, 5.41) is 16.4. The highest BCUT2D eigenvalue weighted by atomic mass is 15.3. The fourth-order valence-electron chi connectivity index (χ4n) is 10.7. The van der Waals surface area contributed by atoms with Gasteiger partial charge in [0.15, 0.2) is 0 Å². The first-order valence-electron chi connectivity index (χ1n) is 17.7. The van der Waals surface area contributed by atoms with E-state index in [4.69, 9.17) is 0 Å². The van der Waals surface area contributed by atoms with Crippen molar-refractivity contribution < 1.29 is 0 Å². The quantitative estimate of drug-likeness (QED) is 0.187. The molecule has 1 heterocycles. The van der Waals surface area contributed by atoms with E-state index in [1.165, 1.54) is 112 Å². The lowest BCUT2D eigenvalue weighted by molar-refractivity contribution is 0.130. The zero-order valence-electron chi connectivity index (χ0n) is 27.8. The van der Waals surface area contributed by atoms with E-state index in [-0.39, 0.29) is 11.0 Å². The number of benzene rings is 7. The summed E-state index contributed by atoms with van der Waals surface area (Å²) in [4.78, 5) is 2.69. The van der Waals surface area contributed by atoms with Crippen LogP contribution in [-0.2, 0) is 5.41 Å². The van der Waals surface area contributed by atoms with Crippen LogP contribution in [0.25, 0.3) is 75.8 Å². The van der Waals surface area contributed by atoms with Gasteiger partial charge in [-0.15, -0.1) is 0 Å². The minimum absolute atomic E-state index is 0.0144. The van der Waals surface area contributed by atoms with Gasteiger partial charge in [-0.05, 0) is 143 Å². The number of rotatable bonds is 2. The fourth-order valence-corrected chi connectivity index (χ4v) is 10.7. The molecule has 48 heavy (non-hydrogen) atoms. The van der Waals surface area contributed by atoms with Crippen LogP contribution in [0.3, 0.4) is 0 Å². The summed E-state index contributed by atoms with van der Waals surface area (Å²) in [6, 6.07) is 48.7. The average Bonchev–Trinajstić information content (AvgIpc) is 3.69. The molecule has 0 saturated heterocycles. The van der Waals surface area contributed by atoms with Crippen LogP contribution in [0.5, 0.6) is 0 Å². The van der Waals surface area contributed by atoms with E-state index >= 15 is 0 Å². The topological polar surface area (TPSA) is 3.24 Å². The van der Waals surface area contributed by atoms with E-state index in [0.29, 0.717) is 5.92 Å².